The van der Waals surface area contributed by atoms with Crippen LogP contribution in [-0.4, -0.2) is 25.1 Å². The highest BCUT2D eigenvalue weighted by Gasteiger charge is 2.13. The molecule has 0 aliphatic heterocycles. The van der Waals surface area contributed by atoms with E-state index in [4.69, 9.17) is 0 Å². The summed E-state index contributed by atoms with van der Waals surface area (Å²) < 4.78 is 24.9. The molecule has 29 heavy (non-hydrogen) atoms. The number of sulfone groups is 1. The molecule has 0 spiro atoms. The fourth-order valence-electron chi connectivity index (χ4n) is 3.38. The van der Waals surface area contributed by atoms with Crippen molar-refractivity contribution in [2.75, 3.05) is 11.6 Å². The molecule has 1 aromatic heterocycles. The topological polar surface area (TPSA) is 85.2 Å². The van der Waals surface area contributed by atoms with Gasteiger partial charge in [0, 0.05) is 22.7 Å². The molecule has 7 heteroatoms. The Balaban J connectivity index is 1.71. The molecule has 0 bridgehead atoms. The zero-order valence-corrected chi connectivity index (χ0v) is 16.4. The SMILES string of the molecule is CS(=O)(=O)c1ccc(NC(=O)Cn2c3ccccc3c(=O)c3ccccc32)cc1. The Morgan fingerprint density at radius 3 is 1.90 bits per heavy atom. The second kappa shape index (κ2) is 7.18. The molecule has 1 amide bonds. The number of rotatable bonds is 4. The molecule has 146 valence electrons. The summed E-state index contributed by atoms with van der Waals surface area (Å²) in [5, 5.41) is 3.89. The van der Waals surface area contributed by atoms with Gasteiger partial charge in [0.05, 0.1) is 15.9 Å². The molecule has 4 rings (SSSR count). The Labute approximate surface area is 167 Å². The smallest absolute Gasteiger partial charge is 0.244 e. The molecule has 0 atom stereocenters. The van der Waals surface area contributed by atoms with Crippen molar-refractivity contribution in [1.82, 2.24) is 4.57 Å². The second-order valence-electron chi connectivity index (χ2n) is 6.79. The summed E-state index contributed by atoms with van der Waals surface area (Å²) in [4.78, 5) is 25.7. The van der Waals surface area contributed by atoms with Crippen molar-refractivity contribution in [3.8, 4) is 0 Å². The molecular weight excluding hydrogens is 388 g/mol. The Hall–Kier alpha value is -3.45. The van der Waals surface area contributed by atoms with Crippen LogP contribution in [0, 0.1) is 0 Å². The highest BCUT2D eigenvalue weighted by molar-refractivity contribution is 7.90. The maximum atomic E-state index is 12.8. The van der Waals surface area contributed by atoms with Crippen LogP contribution in [0.5, 0.6) is 0 Å². The van der Waals surface area contributed by atoms with Gasteiger partial charge < -0.3 is 9.88 Å². The second-order valence-corrected chi connectivity index (χ2v) is 8.81. The Morgan fingerprint density at radius 1 is 0.862 bits per heavy atom. The van der Waals surface area contributed by atoms with Crippen molar-refractivity contribution in [3.63, 3.8) is 0 Å². The number of nitrogens with zero attached hydrogens (tertiary/aromatic N) is 1. The fourth-order valence-corrected chi connectivity index (χ4v) is 4.01. The predicted molar refractivity (Wildman–Crippen MR) is 114 cm³/mol. The third-order valence-electron chi connectivity index (χ3n) is 4.75. The van der Waals surface area contributed by atoms with Crippen molar-refractivity contribution >= 4 is 43.2 Å². The van der Waals surface area contributed by atoms with Gasteiger partial charge in [-0.15, -0.1) is 0 Å². The maximum absolute atomic E-state index is 12.8. The van der Waals surface area contributed by atoms with Gasteiger partial charge in [0.25, 0.3) is 0 Å². The van der Waals surface area contributed by atoms with Crippen LogP contribution in [0.2, 0.25) is 0 Å². The number of anilines is 1. The Morgan fingerprint density at radius 2 is 1.38 bits per heavy atom. The molecule has 3 aromatic carbocycles. The van der Waals surface area contributed by atoms with E-state index in [1.54, 1.807) is 36.4 Å². The van der Waals surface area contributed by atoms with E-state index in [2.05, 4.69) is 5.32 Å². The lowest BCUT2D eigenvalue weighted by atomic mass is 10.1. The van der Waals surface area contributed by atoms with Crippen LogP contribution in [0.25, 0.3) is 21.8 Å². The third kappa shape index (κ3) is 3.64. The van der Waals surface area contributed by atoms with E-state index >= 15 is 0 Å². The van der Waals surface area contributed by atoms with Gasteiger partial charge >= 0.3 is 0 Å². The number of aromatic nitrogens is 1. The van der Waals surface area contributed by atoms with Crippen molar-refractivity contribution < 1.29 is 13.2 Å². The number of amides is 1. The maximum Gasteiger partial charge on any atom is 0.244 e. The first-order valence-electron chi connectivity index (χ1n) is 8.95. The number of nitrogens with one attached hydrogen (secondary N) is 1. The Bertz CT molecular complexity index is 1340. The van der Waals surface area contributed by atoms with Crippen LogP contribution in [-0.2, 0) is 21.2 Å². The number of hydrogen-bond donors (Lipinski definition) is 1. The number of benzene rings is 3. The molecule has 4 aromatic rings. The monoisotopic (exact) mass is 406 g/mol. The van der Waals surface area contributed by atoms with E-state index in [9.17, 15) is 18.0 Å². The number of pyridine rings is 1. The minimum atomic E-state index is -3.30. The van der Waals surface area contributed by atoms with Gasteiger partial charge in [-0.1, -0.05) is 24.3 Å². The highest BCUT2D eigenvalue weighted by atomic mass is 32.2. The lowest BCUT2D eigenvalue weighted by Gasteiger charge is -2.15. The van der Waals surface area contributed by atoms with Gasteiger partial charge in [-0.3, -0.25) is 9.59 Å². The first-order valence-corrected chi connectivity index (χ1v) is 10.8. The average Bonchev–Trinajstić information content (AvgIpc) is 2.71. The largest absolute Gasteiger partial charge is 0.331 e. The summed E-state index contributed by atoms with van der Waals surface area (Å²) >= 11 is 0. The molecule has 0 saturated heterocycles. The molecule has 0 saturated carbocycles. The van der Waals surface area contributed by atoms with Gasteiger partial charge in [-0.25, -0.2) is 8.42 Å². The van der Waals surface area contributed by atoms with E-state index < -0.39 is 9.84 Å². The minimum Gasteiger partial charge on any atom is -0.331 e. The summed E-state index contributed by atoms with van der Waals surface area (Å²) in [6.07, 6.45) is 1.13. The van der Waals surface area contributed by atoms with Gasteiger partial charge in [0.2, 0.25) is 5.91 Å². The van der Waals surface area contributed by atoms with Crippen LogP contribution in [0.15, 0.2) is 82.5 Å². The van der Waals surface area contributed by atoms with E-state index in [0.29, 0.717) is 27.5 Å². The summed E-state index contributed by atoms with van der Waals surface area (Å²) in [6, 6.07) is 20.4. The van der Waals surface area contributed by atoms with Crippen molar-refractivity contribution in [3.05, 3.63) is 83.0 Å². The average molecular weight is 406 g/mol. The molecule has 1 N–H and O–H groups in total. The van der Waals surface area contributed by atoms with Gasteiger partial charge in [0.1, 0.15) is 6.54 Å². The van der Waals surface area contributed by atoms with Crippen LogP contribution in [0.4, 0.5) is 5.69 Å². The quantitative estimate of drug-likeness (QED) is 0.528. The number of carbonyl (C=O) groups is 1. The Kier molecular flexibility index (Phi) is 4.68. The summed E-state index contributed by atoms with van der Waals surface area (Å²) in [5.41, 5.74) is 1.79. The lowest BCUT2D eigenvalue weighted by Crippen LogP contribution is -2.21. The van der Waals surface area contributed by atoms with Crippen LogP contribution in [0.1, 0.15) is 0 Å². The van der Waals surface area contributed by atoms with Crippen molar-refractivity contribution in [2.45, 2.75) is 11.4 Å². The highest BCUT2D eigenvalue weighted by Crippen LogP contribution is 2.20. The molecule has 0 aliphatic carbocycles. The number of hydrogen-bond acceptors (Lipinski definition) is 4. The van der Waals surface area contributed by atoms with Crippen LogP contribution < -0.4 is 10.7 Å². The zero-order valence-electron chi connectivity index (χ0n) is 15.6. The number of fused-ring (bicyclic) bond motifs is 2. The first kappa shape index (κ1) is 18.9. The van der Waals surface area contributed by atoms with E-state index in [-0.39, 0.29) is 22.8 Å². The fraction of sp³-hybridized carbons (Fsp3) is 0.0909. The predicted octanol–water partition coefficient (Wildman–Crippen LogP) is 3.20. The number of para-hydroxylation sites is 2. The van der Waals surface area contributed by atoms with Gasteiger partial charge in [-0.2, -0.15) is 0 Å². The van der Waals surface area contributed by atoms with Crippen molar-refractivity contribution in [2.24, 2.45) is 0 Å². The summed E-state index contributed by atoms with van der Waals surface area (Å²) in [6.45, 7) is 0.00906. The van der Waals surface area contributed by atoms with E-state index in [1.807, 2.05) is 28.8 Å². The molecule has 1 heterocycles. The third-order valence-corrected chi connectivity index (χ3v) is 5.88. The molecule has 0 unspecified atom stereocenters. The van der Waals surface area contributed by atoms with E-state index in [1.165, 1.54) is 12.1 Å². The normalized spacial score (nSPS) is 11.6. The van der Waals surface area contributed by atoms with Crippen molar-refractivity contribution in [1.29, 1.82) is 0 Å². The molecule has 0 aliphatic rings. The molecular formula is C22H18N2O4S. The van der Waals surface area contributed by atoms with Gasteiger partial charge in [-0.05, 0) is 48.5 Å². The number of carbonyl (C=O) groups excluding carboxylic acids is 1. The molecule has 0 radical (unpaired) electrons. The standard InChI is InChI=1S/C22H18N2O4S/c1-29(27,28)16-12-10-15(11-13-16)23-21(25)14-24-19-8-4-2-6-17(19)22(26)18-7-3-5-9-20(18)24/h2-13H,14H2,1H3,(H,23,25). The van der Waals surface area contributed by atoms with E-state index in [0.717, 1.165) is 6.26 Å². The zero-order chi connectivity index (χ0) is 20.6. The summed E-state index contributed by atoms with van der Waals surface area (Å²) in [5.74, 6) is -0.281. The molecule has 0 fully saturated rings. The van der Waals surface area contributed by atoms with Gasteiger partial charge in [0.15, 0.2) is 15.3 Å². The van der Waals surface area contributed by atoms with Crippen LogP contribution in [0.3, 0.4) is 0 Å². The lowest BCUT2D eigenvalue weighted by molar-refractivity contribution is -0.116. The summed E-state index contributed by atoms with van der Waals surface area (Å²) in [7, 11) is -3.30. The first-order chi connectivity index (χ1) is 13.8. The minimum absolute atomic E-state index is 0.00906. The molecule has 6 nitrogen and oxygen atoms in total. The van der Waals surface area contributed by atoms with Crippen LogP contribution >= 0.6 is 0 Å².